The fourth-order valence-corrected chi connectivity index (χ4v) is 3.10. The molecule has 0 aliphatic carbocycles. The highest BCUT2D eigenvalue weighted by Crippen LogP contribution is 2.19. The number of nitrogens with one attached hydrogen (secondary N) is 1. The second-order valence-corrected chi connectivity index (χ2v) is 6.51. The number of aliphatic hydroxyl groups is 1. The number of hydrogen-bond donors (Lipinski definition) is 2. The van der Waals surface area contributed by atoms with Gasteiger partial charge in [0.05, 0.1) is 11.5 Å². The van der Waals surface area contributed by atoms with E-state index in [1.54, 1.807) is 12.1 Å². The summed E-state index contributed by atoms with van der Waals surface area (Å²) in [6, 6.07) is 5.96. The normalized spacial score (nSPS) is 24.3. The summed E-state index contributed by atoms with van der Waals surface area (Å²) in [6.07, 6.45) is 0.422. The first-order valence-electron chi connectivity index (χ1n) is 5.47. The molecule has 1 aromatic rings. The number of sulfonamides is 1. The summed E-state index contributed by atoms with van der Waals surface area (Å²) in [5.74, 6) is 0. The molecule has 0 amide bonds. The van der Waals surface area contributed by atoms with Gasteiger partial charge in [-0.05, 0) is 18.2 Å². The molecule has 1 saturated heterocycles. The van der Waals surface area contributed by atoms with Crippen molar-refractivity contribution in [1.29, 1.82) is 0 Å². The molecule has 7 heteroatoms. The van der Waals surface area contributed by atoms with Crippen molar-refractivity contribution in [2.45, 2.75) is 16.9 Å². The van der Waals surface area contributed by atoms with E-state index >= 15 is 0 Å². The average Bonchev–Trinajstić information content (AvgIpc) is 2.75. The SMILES string of the molecule is O=S(=O)(NC[C@@]1(O)CCOC1)c1cccc(Cl)c1. The third-order valence-corrected chi connectivity index (χ3v) is 4.41. The van der Waals surface area contributed by atoms with Crippen molar-refractivity contribution >= 4 is 21.6 Å². The molecule has 100 valence electrons. The van der Waals surface area contributed by atoms with Crippen LogP contribution in [0, 0.1) is 0 Å². The van der Waals surface area contributed by atoms with E-state index in [2.05, 4.69) is 4.72 Å². The number of benzene rings is 1. The number of hydrogen-bond acceptors (Lipinski definition) is 4. The summed E-state index contributed by atoms with van der Waals surface area (Å²) >= 11 is 5.74. The Kier molecular flexibility index (Phi) is 3.93. The van der Waals surface area contributed by atoms with Gasteiger partial charge in [-0.25, -0.2) is 13.1 Å². The fraction of sp³-hybridized carbons (Fsp3) is 0.455. The van der Waals surface area contributed by atoms with Gasteiger partial charge in [0, 0.05) is 24.6 Å². The number of halogens is 1. The monoisotopic (exact) mass is 291 g/mol. The molecule has 0 unspecified atom stereocenters. The molecule has 1 aromatic carbocycles. The van der Waals surface area contributed by atoms with Crippen LogP contribution in [0.15, 0.2) is 29.2 Å². The highest BCUT2D eigenvalue weighted by atomic mass is 35.5. The van der Waals surface area contributed by atoms with Crippen LogP contribution in [0.5, 0.6) is 0 Å². The summed E-state index contributed by atoms with van der Waals surface area (Å²) in [4.78, 5) is 0.0810. The van der Waals surface area contributed by atoms with Crippen molar-refractivity contribution in [1.82, 2.24) is 4.72 Å². The van der Waals surface area contributed by atoms with E-state index in [4.69, 9.17) is 16.3 Å². The highest BCUT2D eigenvalue weighted by molar-refractivity contribution is 7.89. The van der Waals surface area contributed by atoms with Crippen LogP contribution in [0.2, 0.25) is 5.02 Å². The van der Waals surface area contributed by atoms with E-state index in [1.165, 1.54) is 12.1 Å². The summed E-state index contributed by atoms with van der Waals surface area (Å²) < 4.78 is 31.3. The van der Waals surface area contributed by atoms with Crippen LogP contribution in [-0.2, 0) is 14.8 Å². The van der Waals surface area contributed by atoms with Crippen LogP contribution in [-0.4, -0.2) is 38.9 Å². The minimum atomic E-state index is -3.66. The maximum Gasteiger partial charge on any atom is 0.240 e. The fourth-order valence-electron chi connectivity index (χ4n) is 1.68. The topological polar surface area (TPSA) is 75.6 Å². The molecule has 1 atom stereocenters. The van der Waals surface area contributed by atoms with Gasteiger partial charge in [-0.15, -0.1) is 0 Å². The summed E-state index contributed by atoms with van der Waals surface area (Å²) in [5, 5.41) is 10.3. The molecule has 1 aliphatic heterocycles. The molecule has 18 heavy (non-hydrogen) atoms. The molecule has 0 saturated carbocycles. The predicted octanol–water partition coefficient (Wildman–Crippen LogP) is 0.770. The smallest absolute Gasteiger partial charge is 0.240 e. The van der Waals surface area contributed by atoms with E-state index < -0.39 is 15.6 Å². The predicted molar refractivity (Wildman–Crippen MR) is 67.0 cm³/mol. The van der Waals surface area contributed by atoms with Crippen LogP contribution >= 0.6 is 11.6 Å². The zero-order chi connectivity index (χ0) is 13.2. The molecule has 2 rings (SSSR count). The van der Waals surface area contributed by atoms with E-state index in [0.717, 1.165) is 0 Å². The van der Waals surface area contributed by atoms with Gasteiger partial charge < -0.3 is 9.84 Å². The zero-order valence-corrected chi connectivity index (χ0v) is 11.2. The summed E-state index contributed by atoms with van der Waals surface area (Å²) in [7, 11) is -3.66. The minimum Gasteiger partial charge on any atom is -0.386 e. The van der Waals surface area contributed by atoms with Gasteiger partial charge in [0.25, 0.3) is 0 Å². The third-order valence-electron chi connectivity index (χ3n) is 2.78. The molecule has 0 radical (unpaired) electrons. The van der Waals surface area contributed by atoms with E-state index in [1.807, 2.05) is 0 Å². The van der Waals surface area contributed by atoms with E-state index in [0.29, 0.717) is 18.1 Å². The van der Waals surface area contributed by atoms with Crippen molar-refractivity contribution in [2.24, 2.45) is 0 Å². The van der Waals surface area contributed by atoms with Crippen molar-refractivity contribution in [3.8, 4) is 0 Å². The third kappa shape index (κ3) is 3.21. The van der Waals surface area contributed by atoms with Crippen LogP contribution < -0.4 is 4.72 Å². The maximum atomic E-state index is 12.0. The van der Waals surface area contributed by atoms with Crippen LogP contribution in [0.25, 0.3) is 0 Å². The Hall–Kier alpha value is -0.660. The van der Waals surface area contributed by atoms with Gasteiger partial charge in [-0.2, -0.15) is 0 Å². The Balaban J connectivity index is 2.08. The van der Waals surface area contributed by atoms with Crippen LogP contribution in [0.1, 0.15) is 6.42 Å². The molecule has 1 fully saturated rings. The van der Waals surface area contributed by atoms with Gasteiger partial charge in [0.1, 0.15) is 5.60 Å². The lowest BCUT2D eigenvalue weighted by atomic mass is 10.1. The number of ether oxygens (including phenoxy) is 1. The molecular formula is C11H14ClNO4S. The Morgan fingerprint density at radius 2 is 2.28 bits per heavy atom. The first kappa shape index (κ1) is 13.8. The Morgan fingerprint density at radius 1 is 1.50 bits per heavy atom. The maximum absolute atomic E-state index is 12.0. The highest BCUT2D eigenvalue weighted by Gasteiger charge is 2.33. The van der Waals surface area contributed by atoms with Gasteiger partial charge in [0.2, 0.25) is 10.0 Å². The average molecular weight is 292 g/mol. The first-order valence-corrected chi connectivity index (χ1v) is 7.33. The second kappa shape index (κ2) is 5.14. The zero-order valence-electron chi connectivity index (χ0n) is 9.60. The van der Waals surface area contributed by atoms with Crippen molar-refractivity contribution in [3.63, 3.8) is 0 Å². The molecule has 0 bridgehead atoms. The largest absolute Gasteiger partial charge is 0.386 e. The van der Waals surface area contributed by atoms with Crippen molar-refractivity contribution < 1.29 is 18.3 Å². The van der Waals surface area contributed by atoms with Gasteiger partial charge in [0.15, 0.2) is 0 Å². The standard InChI is InChI=1S/C11H14ClNO4S/c12-9-2-1-3-10(6-9)18(15,16)13-7-11(14)4-5-17-8-11/h1-3,6,13-14H,4-5,7-8H2/t11-/m0/s1. The Morgan fingerprint density at radius 3 is 2.89 bits per heavy atom. The van der Waals surface area contributed by atoms with Gasteiger partial charge in [-0.1, -0.05) is 17.7 Å². The molecule has 1 aliphatic rings. The number of rotatable bonds is 4. The van der Waals surface area contributed by atoms with E-state index in [9.17, 15) is 13.5 Å². The lowest BCUT2D eigenvalue weighted by Gasteiger charge is -2.20. The van der Waals surface area contributed by atoms with Crippen LogP contribution in [0.3, 0.4) is 0 Å². The summed E-state index contributed by atoms with van der Waals surface area (Å²) in [5.41, 5.74) is -1.12. The minimum absolute atomic E-state index is 0.0676. The van der Waals surface area contributed by atoms with Crippen molar-refractivity contribution in [2.75, 3.05) is 19.8 Å². The van der Waals surface area contributed by atoms with Gasteiger partial charge in [-0.3, -0.25) is 0 Å². The molecule has 0 aromatic heterocycles. The lowest BCUT2D eigenvalue weighted by Crippen LogP contribution is -2.43. The van der Waals surface area contributed by atoms with Crippen LogP contribution in [0.4, 0.5) is 0 Å². The van der Waals surface area contributed by atoms with Gasteiger partial charge >= 0.3 is 0 Å². The lowest BCUT2D eigenvalue weighted by molar-refractivity contribution is 0.0314. The molecule has 5 nitrogen and oxygen atoms in total. The van der Waals surface area contributed by atoms with Crippen molar-refractivity contribution in [3.05, 3.63) is 29.3 Å². The summed E-state index contributed by atoms with van der Waals surface area (Å²) in [6.45, 7) is 0.516. The quantitative estimate of drug-likeness (QED) is 0.859. The Labute approximate surface area is 111 Å². The second-order valence-electron chi connectivity index (χ2n) is 4.31. The molecular weight excluding hydrogens is 278 g/mol. The molecule has 0 spiro atoms. The van der Waals surface area contributed by atoms with E-state index in [-0.39, 0.29) is 18.0 Å². The first-order chi connectivity index (χ1) is 8.41. The molecule has 2 N–H and O–H groups in total. The molecule has 1 heterocycles. The Bertz CT molecular complexity index is 526.